The van der Waals surface area contributed by atoms with E-state index in [0.717, 1.165) is 30.7 Å². The second-order valence-corrected chi connectivity index (χ2v) is 13.0. The molecule has 0 saturated heterocycles. The summed E-state index contributed by atoms with van der Waals surface area (Å²) in [6.07, 6.45) is -8.51. The average molecular weight is 731 g/mol. The smallest absolute Gasteiger partial charge is 0.172 e. The van der Waals surface area contributed by atoms with Crippen LogP contribution in [0.15, 0.2) is 78.9 Å². The first-order valence-electron chi connectivity index (χ1n) is 13.5. The molecule has 0 radical (unpaired) electrons. The summed E-state index contributed by atoms with van der Waals surface area (Å²) in [6.45, 7) is 13.6. The Morgan fingerprint density at radius 3 is 1.61 bits per heavy atom. The minimum atomic E-state index is -4.77. The first-order valence-corrected chi connectivity index (χ1v) is 14.9. The molecule has 0 heterocycles. The van der Waals surface area contributed by atoms with Gasteiger partial charge in [0, 0.05) is 0 Å². The Morgan fingerprint density at radius 2 is 1.20 bits per heavy atom. The van der Waals surface area contributed by atoms with Gasteiger partial charge in [0.25, 0.3) is 0 Å². The Balaban J connectivity index is 0.000000374. The third-order valence-electron chi connectivity index (χ3n) is 6.80. The van der Waals surface area contributed by atoms with Crippen LogP contribution in [0.25, 0.3) is 11.1 Å². The van der Waals surface area contributed by atoms with E-state index in [1.165, 1.54) is 37.1 Å². The zero-order valence-corrected chi connectivity index (χ0v) is 29.3. The standard InChI is InChI=1S/C21H25.C9H4F6.C5H5.2ClH.Zr/c1-20(2,3)16-7-9-18-14(12-16)11-15-13-17(21(4,5)6)8-10-19(15)18;1-5-2-6(8(10,11)12)4-7(3-5)9(13,14)15;1-2-4-5-3-1;;;/h7-10,12H,11H2,1-6H3;1-4H;1-5H;2*1H;/q-1;;-1;;;+2/p-2. The van der Waals surface area contributed by atoms with Crippen molar-refractivity contribution in [3.63, 3.8) is 0 Å². The van der Waals surface area contributed by atoms with Crippen LogP contribution in [0.2, 0.25) is 0 Å². The van der Waals surface area contributed by atoms with E-state index in [9.17, 15) is 26.3 Å². The maximum atomic E-state index is 12.3. The largest absolute Gasteiger partial charge is 1.00 e. The van der Waals surface area contributed by atoms with E-state index in [4.69, 9.17) is 0 Å². The minimum absolute atomic E-state index is 0. The molecule has 5 rings (SSSR count). The van der Waals surface area contributed by atoms with Crippen LogP contribution in [0.5, 0.6) is 0 Å². The van der Waals surface area contributed by atoms with Crippen LogP contribution in [0, 0.1) is 6.07 Å². The molecule has 9 heteroatoms. The number of fused-ring (bicyclic) bond motifs is 3. The quantitative estimate of drug-likeness (QED) is 0.176. The van der Waals surface area contributed by atoms with Crippen LogP contribution in [-0.2, 0) is 53.8 Å². The van der Waals surface area contributed by atoms with Gasteiger partial charge < -0.3 is 24.8 Å². The van der Waals surface area contributed by atoms with Crippen molar-refractivity contribution in [2.75, 3.05) is 0 Å². The van der Waals surface area contributed by atoms with Crippen molar-refractivity contribution in [3.05, 3.63) is 124 Å². The molecular formula is C35H34Cl2F6Zr-2. The van der Waals surface area contributed by atoms with E-state index in [1.54, 1.807) is 0 Å². The van der Waals surface area contributed by atoms with E-state index in [0.29, 0.717) is 12.1 Å². The third kappa shape index (κ3) is 10.8. The average Bonchev–Trinajstić information content (AvgIpc) is 3.57. The molecule has 4 aromatic rings. The van der Waals surface area contributed by atoms with Crippen molar-refractivity contribution in [1.82, 2.24) is 0 Å². The van der Waals surface area contributed by atoms with Gasteiger partial charge in [-0.15, -0.1) is 11.1 Å². The van der Waals surface area contributed by atoms with Gasteiger partial charge in [0.2, 0.25) is 0 Å². The van der Waals surface area contributed by atoms with Gasteiger partial charge in [-0.2, -0.15) is 42.0 Å². The molecule has 236 valence electrons. The van der Waals surface area contributed by atoms with Crippen LogP contribution < -0.4 is 24.8 Å². The third-order valence-corrected chi connectivity index (χ3v) is 7.62. The minimum Gasteiger partial charge on any atom is -1.00 e. The van der Waals surface area contributed by atoms with Crippen molar-refractivity contribution in [3.8, 4) is 11.1 Å². The summed E-state index contributed by atoms with van der Waals surface area (Å²) in [5.74, 6) is 0. The Morgan fingerprint density at radius 1 is 0.682 bits per heavy atom. The molecule has 0 amide bonds. The predicted octanol–water partition coefficient (Wildman–Crippen LogP) is 4.49. The van der Waals surface area contributed by atoms with Crippen molar-refractivity contribution in [2.45, 2.75) is 71.1 Å². The Hall–Kier alpha value is -2.08. The summed E-state index contributed by atoms with van der Waals surface area (Å²) < 4.78 is 75.1. The molecular weight excluding hydrogens is 697 g/mol. The van der Waals surface area contributed by atoms with E-state index in [1.807, 2.05) is 30.3 Å². The maximum Gasteiger partial charge on any atom is -0.172 e. The molecule has 0 aromatic heterocycles. The molecule has 4 aromatic carbocycles. The molecule has 44 heavy (non-hydrogen) atoms. The number of rotatable bonds is 1. The van der Waals surface area contributed by atoms with Gasteiger partial charge in [-0.05, 0) is 28.4 Å². The van der Waals surface area contributed by atoms with Gasteiger partial charge in [0.05, 0.1) is 0 Å². The van der Waals surface area contributed by atoms with Crippen molar-refractivity contribution < 1.29 is 75.4 Å². The van der Waals surface area contributed by atoms with Gasteiger partial charge in [-0.1, -0.05) is 65.3 Å². The molecule has 0 bridgehead atoms. The molecule has 0 nitrogen and oxygen atoms in total. The first kappa shape index (κ1) is 39.9. The molecule has 0 N–H and O–H groups in total. The molecule has 0 aliphatic heterocycles. The summed E-state index contributed by atoms with van der Waals surface area (Å²) in [5.41, 5.74) is 6.07. The summed E-state index contributed by atoms with van der Waals surface area (Å²) in [6, 6.07) is 26.7. The van der Waals surface area contributed by atoms with Crippen LogP contribution in [0.4, 0.5) is 26.3 Å². The van der Waals surface area contributed by atoms with E-state index >= 15 is 0 Å². The molecule has 1 aliphatic rings. The fraction of sp³-hybridized carbons (Fsp3) is 0.314. The van der Waals surface area contributed by atoms with Gasteiger partial charge in [0.1, 0.15) is 0 Å². The fourth-order valence-electron chi connectivity index (χ4n) is 4.41. The number of alkyl halides is 6. The Labute approximate surface area is 283 Å². The van der Waals surface area contributed by atoms with Crippen LogP contribution in [0.1, 0.15) is 80.5 Å². The van der Waals surface area contributed by atoms with Crippen molar-refractivity contribution >= 4 is 3.71 Å². The number of hydrogen-bond donors (Lipinski definition) is 0. The molecule has 0 fully saturated rings. The molecule has 0 saturated carbocycles. The van der Waals surface area contributed by atoms with Crippen molar-refractivity contribution in [2.24, 2.45) is 0 Å². The summed E-state index contributed by atoms with van der Waals surface area (Å²) in [5, 5.41) is 0. The zero-order valence-electron chi connectivity index (χ0n) is 25.3. The van der Waals surface area contributed by atoms with Crippen LogP contribution in [0.3, 0.4) is 0 Å². The number of hydrogen-bond acceptors (Lipinski definition) is 0. The molecule has 0 unspecified atom stereocenters. The fourth-order valence-corrected chi connectivity index (χ4v) is 4.82. The van der Waals surface area contributed by atoms with Crippen LogP contribution >= 0.6 is 0 Å². The van der Waals surface area contributed by atoms with E-state index in [-0.39, 0.29) is 47.3 Å². The summed E-state index contributed by atoms with van der Waals surface area (Å²) in [4.78, 5) is 0. The van der Waals surface area contributed by atoms with Crippen molar-refractivity contribution in [1.29, 1.82) is 0 Å². The maximum absolute atomic E-state index is 12.3. The van der Waals surface area contributed by atoms with Crippen LogP contribution in [-0.4, -0.2) is 3.71 Å². The van der Waals surface area contributed by atoms with Gasteiger partial charge >= 0.3 is 102 Å². The van der Waals surface area contributed by atoms with E-state index in [2.05, 4.69) is 77.9 Å². The predicted molar refractivity (Wildman–Crippen MR) is 155 cm³/mol. The number of benzene rings is 3. The monoisotopic (exact) mass is 728 g/mol. The summed E-state index contributed by atoms with van der Waals surface area (Å²) in [7, 11) is 0. The molecule has 0 spiro atoms. The second kappa shape index (κ2) is 15.5. The Bertz CT molecular complexity index is 1400. The zero-order chi connectivity index (χ0) is 31.5. The SMILES string of the molecule is CC(C)(C)c1[c-]c2c(cc1)-c1ccc(C(C)(C)C)cc1C2.FC(F)(F)c1cc([CH]=[Zr+2])cc(C(F)(F)F)c1.[Cl-].[Cl-].c1cc[cH-]c1. The summed E-state index contributed by atoms with van der Waals surface area (Å²) >= 11 is 0.733. The second-order valence-electron chi connectivity index (χ2n) is 12.3. The first-order chi connectivity index (χ1) is 19.3. The number of halogens is 8. The van der Waals surface area contributed by atoms with Gasteiger partial charge in [-0.3, -0.25) is 0 Å². The van der Waals surface area contributed by atoms with E-state index < -0.39 is 23.5 Å². The Kier molecular flexibility index (Phi) is 14.0. The molecule has 1 aliphatic carbocycles. The van der Waals surface area contributed by atoms with Gasteiger partial charge in [0.15, 0.2) is 0 Å². The molecule has 0 atom stereocenters. The topological polar surface area (TPSA) is 0 Å². The normalized spacial score (nSPS) is 12.2. The van der Waals surface area contributed by atoms with Gasteiger partial charge in [-0.25, -0.2) is 12.1 Å².